The Balaban J connectivity index is 1.86. The van der Waals surface area contributed by atoms with Crippen molar-refractivity contribution in [1.82, 2.24) is 4.90 Å². The Morgan fingerprint density at radius 2 is 1.65 bits per heavy atom. The molecule has 0 saturated heterocycles. The zero-order valence-electron chi connectivity index (χ0n) is 14.0. The Morgan fingerprint density at radius 1 is 1.08 bits per heavy atom. The number of benzene rings is 2. The van der Waals surface area contributed by atoms with E-state index in [1.54, 1.807) is 48.5 Å². The van der Waals surface area contributed by atoms with Crippen LogP contribution < -0.4 is 4.74 Å². The zero-order chi connectivity index (χ0) is 18.7. The van der Waals surface area contributed by atoms with Crippen molar-refractivity contribution in [3.05, 3.63) is 64.7 Å². The molecule has 0 bridgehead atoms. The third-order valence-electron chi connectivity index (χ3n) is 4.04. The summed E-state index contributed by atoms with van der Waals surface area (Å²) >= 11 is 7.36. The SMILES string of the molecule is CSCC[C@H](C(=O)Oc1ccc(Cl)cc1)N1C(=O)c2ccccc2C1=O. The molecule has 26 heavy (non-hydrogen) atoms. The van der Waals surface area contributed by atoms with Gasteiger partial charge in [0, 0.05) is 5.02 Å². The maximum atomic E-state index is 12.7. The van der Waals surface area contributed by atoms with Gasteiger partial charge in [0.25, 0.3) is 11.8 Å². The lowest BCUT2D eigenvalue weighted by atomic mass is 10.1. The molecule has 1 aliphatic rings. The first-order valence-electron chi connectivity index (χ1n) is 7.96. The van der Waals surface area contributed by atoms with E-state index in [1.165, 1.54) is 11.8 Å². The van der Waals surface area contributed by atoms with Crippen LogP contribution in [0.4, 0.5) is 0 Å². The van der Waals surface area contributed by atoms with Gasteiger partial charge in [-0.1, -0.05) is 23.7 Å². The number of hydrogen-bond donors (Lipinski definition) is 0. The van der Waals surface area contributed by atoms with Gasteiger partial charge in [-0.3, -0.25) is 14.5 Å². The van der Waals surface area contributed by atoms with Crippen molar-refractivity contribution in [2.75, 3.05) is 12.0 Å². The Labute approximate surface area is 160 Å². The zero-order valence-corrected chi connectivity index (χ0v) is 15.5. The van der Waals surface area contributed by atoms with E-state index in [9.17, 15) is 14.4 Å². The number of nitrogens with zero attached hydrogens (tertiary/aromatic N) is 1. The van der Waals surface area contributed by atoms with E-state index in [0.717, 1.165) is 4.90 Å². The second kappa shape index (κ2) is 7.93. The number of carbonyl (C=O) groups excluding carboxylic acids is 3. The highest BCUT2D eigenvalue weighted by Gasteiger charge is 2.43. The molecule has 0 radical (unpaired) electrons. The molecule has 1 aliphatic heterocycles. The summed E-state index contributed by atoms with van der Waals surface area (Å²) in [5, 5.41) is 0.518. The molecule has 0 fully saturated rings. The van der Waals surface area contributed by atoms with Crippen LogP contribution in [0.5, 0.6) is 5.75 Å². The van der Waals surface area contributed by atoms with Gasteiger partial charge in [0.15, 0.2) is 0 Å². The molecule has 1 heterocycles. The summed E-state index contributed by atoms with van der Waals surface area (Å²) in [7, 11) is 0. The van der Waals surface area contributed by atoms with Crippen molar-refractivity contribution >= 4 is 41.1 Å². The van der Waals surface area contributed by atoms with Crippen LogP contribution >= 0.6 is 23.4 Å². The molecule has 134 valence electrons. The molecule has 5 nitrogen and oxygen atoms in total. The van der Waals surface area contributed by atoms with E-state index >= 15 is 0 Å². The standard InChI is InChI=1S/C19H16ClNO4S/c1-26-11-10-16(19(24)25-13-8-6-12(20)7-9-13)21-17(22)14-4-2-3-5-15(14)18(21)23/h2-9,16H,10-11H2,1H3/t16-/m1/s1. The predicted molar refractivity (Wildman–Crippen MR) is 101 cm³/mol. The number of rotatable bonds is 6. The molecule has 0 unspecified atom stereocenters. The average Bonchev–Trinajstić information content (AvgIpc) is 2.89. The van der Waals surface area contributed by atoms with Crippen LogP contribution in [0.2, 0.25) is 5.02 Å². The summed E-state index contributed by atoms with van der Waals surface area (Å²) in [5.74, 6) is -0.663. The largest absolute Gasteiger partial charge is 0.425 e. The third kappa shape index (κ3) is 3.61. The van der Waals surface area contributed by atoms with Crippen molar-refractivity contribution in [2.45, 2.75) is 12.5 Å². The van der Waals surface area contributed by atoms with Crippen molar-refractivity contribution in [3.63, 3.8) is 0 Å². The molecule has 0 spiro atoms. The minimum absolute atomic E-state index is 0.310. The quantitative estimate of drug-likeness (QED) is 0.428. The molecular weight excluding hydrogens is 374 g/mol. The lowest BCUT2D eigenvalue weighted by Gasteiger charge is -2.24. The fourth-order valence-electron chi connectivity index (χ4n) is 2.76. The molecule has 0 N–H and O–H groups in total. The second-order valence-corrected chi connectivity index (χ2v) is 7.12. The topological polar surface area (TPSA) is 63.7 Å². The number of carbonyl (C=O) groups is 3. The van der Waals surface area contributed by atoms with Gasteiger partial charge < -0.3 is 4.74 Å². The van der Waals surface area contributed by atoms with Crippen LogP contribution in [0.1, 0.15) is 27.1 Å². The number of hydrogen-bond acceptors (Lipinski definition) is 5. The molecule has 7 heteroatoms. The summed E-state index contributed by atoms with van der Waals surface area (Å²) in [4.78, 5) is 39.1. The molecular formula is C19H16ClNO4S. The second-order valence-electron chi connectivity index (χ2n) is 5.70. The first kappa shape index (κ1) is 18.5. The molecule has 2 aromatic rings. The molecule has 0 aromatic heterocycles. The van der Waals surface area contributed by atoms with Crippen molar-refractivity contribution in [1.29, 1.82) is 0 Å². The lowest BCUT2D eigenvalue weighted by Crippen LogP contribution is -2.47. The van der Waals surface area contributed by atoms with Gasteiger partial charge in [-0.15, -0.1) is 0 Å². The van der Waals surface area contributed by atoms with Crippen LogP contribution in [-0.4, -0.2) is 40.7 Å². The number of halogens is 1. The van der Waals surface area contributed by atoms with Crippen molar-refractivity contribution in [2.24, 2.45) is 0 Å². The minimum atomic E-state index is -0.981. The van der Waals surface area contributed by atoms with Gasteiger partial charge in [0.2, 0.25) is 0 Å². The van der Waals surface area contributed by atoms with Crippen molar-refractivity contribution < 1.29 is 19.1 Å². The third-order valence-corrected chi connectivity index (χ3v) is 4.93. The van der Waals surface area contributed by atoms with Crippen LogP contribution in [-0.2, 0) is 4.79 Å². The van der Waals surface area contributed by atoms with E-state index in [1.807, 2.05) is 6.26 Å². The fraction of sp³-hybridized carbons (Fsp3) is 0.211. The lowest BCUT2D eigenvalue weighted by molar-refractivity contribution is -0.138. The number of esters is 1. The molecule has 0 saturated carbocycles. The number of ether oxygens (including phenoxy) is 1. The van der Waals surface area contributed by atoms with E-state index < -0.39 is 23.8 Å². The smallest absolute Gasteiger partial charge is 0.334 e. The molecule has 2 aromatic carbocycles. The maximum absolute atomic E-state index is 12.7. The van der Waals surface area contributed by atoms with Gasteiger partial charge in [0.05, 0.1) is 11.1 Å². The number of imide groups is 1. The van der Waals surface area contributed by atoms with E-state index in [-0.39, 0.29) is 0 Å². The van der Waals surface area contributed by atoms with Gasteiger partial charge in [-0.25, -0.2) is 4.79 Å². The summed E-state index contributed by atoms with van der Waals surface area (Å²) in [6.45, 7) is 0. The highest BCUT2D eigenvalue weighted by atomic mass is 35.5. The van der Waals surface area contributed by atoms with Gasteiger partial charge >= 0.3 is 5.97 Å². The van der Waals surface area contributed by atoms with Crippen LogP contribution in [0.15, 0.2) is 48.5 Å². The number of amides is 2. The van der Waals surface area contributed by atoms with Gasteiger partial charge in [0.1, 0.15) is 11.8 Å². The summed E-state index contributed by atoms with van der Waals surface area (Å²) < 4.78 is 5.38. The molecule has 2 amide bonds. The van der Waals surface area contributed by atoms with Crippen LogP contribution in [0.3, 0.4) is 0 Å². The fourth-order valence-corrected chi connectivity index (χ4v) is 3.34. The van der Waals surface area contributed by atoms with E-state index in [0.29, 0.717) is 34.1 Å². The maximum Gasteiger partial charge on any atom is 0.334 e. The Bertz CT molecular complexity index is 818. The van der Waals surface area contributed by atoms with E-state index in [2.05, 4.69) is 0 Å². The van der Waals surface area contributed by atoms with Gasteiger partial charge in [-0.05, 0) is 54.8 Å². The molecule has 1 atom stereocenters. The van der Waals surface area contributed by atoms with Crippen LogP contribution in [0, 0.1) is 0 Å². The minimum Gasteiger partial charge on any atom is -0.425 e. The Kier molecular flexibility index (Phi) is 5.64. The average molecular weight is 390 g/mol. The normalized spacial score (nSPS) is 14.3. The monoisotopic (exact) mass is 389 g/mol. The van der Waals surface area contributed by atoms with Crippen LogP contribution in [0.25, 0.3) is 0 Å². The van der Waals surface area contributed by atoms with Crippen molar-refractivity contribution in [3.8, 4) is 5.75 Å². The van der Waals surface area contributed by atoms with E-state index in [4.69, 9.17) is 16.3 Å². The first-order chi connectivity index (χ1) is 12.5. The van der Waals surface area contributed by atoms with Gasteiger partial charge in [-0.2, -0.15) is 11.8 Å². The Hall–Kier alpha value is -2.31. The summed E-state index contributed by atoms with van der Waals surface area (Å²) in [5.41, 5.74) is 0.622. The highest BCUT2D eigenvalue weighted by Crippen LogP contribution is 2.27. The summed E-state index contributed by atoms with van der Waals surface area (Å²) in [6, 6.07) is 11.9. The highest BCUT2D eigenvalue weighted by molar-refractivity contribution is 7.98. The Morgan fingerprint density at radius 3 is 2.19 bits per heavy atom. The predicted octanol–water partition coefficient (Wildman–Crippen LogP) is 3.66. The summed E-state index contributed by atoms with van der Waals surface area (Å²) in [6.07, 6.45) is 2.21. The molecule has 3 rings (SSSR count). The number of thioether (sulfide) groups is 1. The first-order valence-corrected chi connectivity index (χ1v) is 9.73. The number of fused-ring (bicyclic) bond motifs is 1. The molecule has 0 aliphatic carbocycles.